The number of alkyl carbamates (subject to hydrolysis) is 1. The van der Waals surface area contributed by atoms with E-state index in [1.807, 2.05) is 0 Å². The van der Waals surface area contributed by atoms with Gasteiger partial charge in [0.05, 0.1) is 6.61 Å². The van der Waals surface area contributed by atoms with Gasteiger partial charge in [0, 0.05) is 12.7 Å². The van der Waals surface area contributed by atoms with Crippen LogP contribution in [0.1, 0.15) is 64.5 Å². The Morgan fingerprint density at radius 2 is 2.00 bits per heavy atom. The van der Waals surface area contributed by atoms with E-state index in [9.17, 15) is 9.59 Å². The largest absolute Gasteiger partial charge is 0.444 e. The SMILES string of the molecule is CCCCCCCCCCNC(=O)OCC1OCC(n2ccc(N)nc2=O)O1. The molecule has 9 nitrogen and oxygen atoms in total. The molecule has 1 aromatic heterocycles. The van der Waals surface area contributed by atoms with Crippen molar-refractivity contribution in [1.82, 2.24) is 14.9 Å². The number of unbranched alkanes of at least 4 members (excludes halogenated alkanes) is 7. The molecule has 1 amide bonds. The molecule has 1 aliphatic heterocycles. The number of amides is 1. The van der Waals surface area contributed by atoms with Crippen molar-refractivity contribution in [2.45, 2.75) is 70.8 Å². The summed E-state index contributed by atoms with van der Waals surface area (Å²) in [6.07, 6.45) is 9.36. The van der Waals surface area contributed by atoms with Crippen LogP contribution >= 0.6 is 0 Å². The highest BCUT2D eigenvalue weighted by Crippen LogP contribution is 2.19. The van der Waals surface area contributed by atoms with E-state index < -0.39 is 24.3 Å². The Morgan fingerprint density at radius 1 is 1.29 bits per heavy atom. The number of nitrogens with zero attached hydrogens (tertiary/aromatic N) is 2. The minimum absolute atomic E-state index is 0.0447. The quantitative estimate of drug-likeness (QED) is 0.521. The molecule has 0 aliphatic carbocycles. The second kappa shape index (κ2) is 12.4. The summed E-state index contributed by atoms with van der Waals surface area (Å²) < 4.78 is 17.4. The highest BCUT2D eigenvalue weighted by Gasteiger charge is 2.29. The Labute approximate surface area is 165 Å². The zero-order valence-corrected chi connectivity index (χ0v) is 16.6. The number of aromatic nitrogens is 2. The maximum Gasteiger partial charge on any atom is 0.407 e. The van der Waals surface area contributed by atoms with Crippen molar-refractivity contribution in [3.8, 4) is 0 Å². The summed E-state index contributed by atoms with van der Waals surface area (Å²) in [5, 5.41) is 2.72. The summed E-state index contributed by atoms with van der Waals surface area (Å²) in [5.74, 6) is 0.146. The Kier molecular flexibility index (Phi) is 9.78. The van der Waals surface area contributed by atoms with Crippen molar-refractivity contribution >= 4 is 11.9 Å². The molecule has 28 heavy (non-hydrogen) atoms. The van der Waals surface area contributed by atoms with Gasteiger partial charge < -0.3 is 25.3 Å². The minimum Gasteiger partial charge on any atom is -0.444 e. The average molecular weight is 396 g/mol. The van der Waals surface area contributed by atoms with Crippen LogP contribution in [0, 0.1) is 0 Å². The lowest BCUT2D eigenvalue weighted by atomic mass is 10.1. The van der Waals surface area contributed by atoms with Crippen LogP contribution in [0.2, 0.25) is 0 Å². The zero-order valence-electron chi connectivity index (χ0n) is 16.6. The number of anilines is 1. The van der Waals surface area contributed by atoms with Gasteiger partial charge in [0.15, 0.2) is 12.5 Å². The van der Waals surface area contributed by atoms with E-state index in [0.717, 1.165) is 12.8 Å². The standard InChI is InChI=1S/C19H32N4O5/c1-2-3-4-5-6-7-8-9-11-21-19(25)27-14-17-26-13-16(28-17)23-12-10-15(20)22-18(23)24/h10,12,16-17H,2-9,11,13-14H2,1H3,(H,21,25)(H2,20,22,24). The molecule has 0 radical (unpaired) electrons. The lowest BCUT2D eigenvalue weighted by molar-refractivity contribution is -0.101. The molecule has 158 valence electrons. The predicted molar refractivity (Wildman–Crippen MR) is 105 cm³/mol. The van der Waals surface area contributed by atoms with Gasteiger partial charge in [-0.05, 0) is 12.5 Å². The molecule has 9 heteroatoms. The van der Waals surface area contributed by atoms with Gasteiger partial charge in [-0.1, -0.05) is 51.9 Å². The molecular formula is C19H32N4O5. The summed E-state index contributed by atoms with van der Waals surface area (Å²) in [4.78, 5) is 27.2. The van der Waals surface area contributed by atoms with Gasteiger partial charge in [-0.25, -0.2) is 9.59 Å². The fourth-order valence-electron chi connectivity index (χ4n) is 2.97. The van der Waals surface area contributed by atoms with Crippen LogP contribution in [0.5, 0.6) is 0 Å². The van der Waals surface area contributed by atoms with Gasteiger partial charge in [0.25, 0.3) is 0 Å². The summed E-state index contributed by atoms with van der Waals surface area (Å²) in [6.45, 7) is 2.93. The van der Waals surface area contributed by atoms with E-state index >= 15 is 0 Å². The number of nitrogen functional groups attached to an aromatic ring is 1. The van der Waals surface area contributed by atoms with Gasteiger partial charge in [-0.3, -0.25) is 4.57 Å². The van der Waals surface area contributed by atoms with Crippen molar-refractivity contribution in [1.29, 1.82) is 0 Å². The lowest BCUT2D eigenvalue weighted by Crippen LogP contribution is -2.30. The molecule has 0 bridgehead atoms. The maximum absolute atomic E-state index is 11.8. The van der Waals surface area contributed by atoms with Crippen molar-refractivity contribution in [2.24, 2.45) is 0 Å². The average Bonchev–Trinajstić information content (AvgIpc) is 3.14. The molecule has 0 spiro atoms. The van der Waals surface area contributed by atoms with E-state index in [0.29, 0.717) is 6.54 Å². The first-order valence-electron chi connectivity index (χ1n) is 10.1. The number of ether oxygens (including phenoxy) is 3. The zero-order chi connectivity index (χ0) is 20.2. The van der Waals surface area contributed by atoms with Crippen molar-refractivity contribution in [2.75, 3.05) is 25.5 Å². The molecule has 1 aromatic rings. The number of nitrogens with two attached hydrogens (primary N) is 1. The van der Waals surface area contributed by atoms with Gasteiger partial charge >= 0.3 is 11.8 Å². The first kappa shape index (κ1) is 22.2. The first-order valence-corrected chi connectivity index (χ1v) is 10.1. The Bertz CT molecular complexity index is 651. The van der Waals surface area contributed by atoms with Crippen molar-refractivity contribution in [3.05, 3.63) is 22.7 Å². The third-order valence-corrected chi connectivity index (χ3v) is 4.55. The lowest BCUT2D eigenvalue weighted by Gasteiger charge is -2.13. The van der Waals surface area contributed by atoms with Crippen molar-refractivity contribution in [3.63, 3.8) is 0 Å². The molecule has 0 aromatic carbocycles. The molecule has 0 saturated carbocycles. The van der Waals surface area contributed by atoms with Gasteiger partial charge in [0.1, 0.15) is 12.4 Å². The molecule has 2 atom stereocenters. The van der Waals surface area contributed by atoms with Crippen LogP contribution in [-0.4, -0.2) is 41.7 Å². The topological polar surface area (TPSA) is 118 Å². The summed E-state index contributed by atoms with van der Waals surface area (Å²) in [6, 6.07) is 1.51. The smallest absolute Gasteiger partial charge is 0.407 e. The maximum atomic E-state index is 11.8. The molecule has 1 saturated heterocycles. The summed E-state index contributed by atoms with van der Waals surface area (Å²) in [5.41, 5.74) is 4.95. The fraction of sp³-hybridized carbons (Fsp3) is 0.737. The molecule has 2 unspecified atom stereocenters. The van der Waals surface area contributed by atoms with Crippen LogP contribution in [0.4, 0.5) is 10.6 Å². The highest BCUT2D eigenvalue weighted by atomic mass is 16.7. The van der Waals surface area contributed by atoms with E-state index in [4.69, 9.17) is 19.9 Å². The highest BCUT2D eigenvalue weighted by molar-refractivity contribution is 5.67. The third-order valence-electron chi connectivity index (χ3n) is 4.55. The van der Waals surface area contributed by atoms with E-state index in [-0.39, 0.29) is 19.0 Å². The van der Waals surface area contributed by atoms with E-state index in [1.165, 1.54) is 55.4 Å². The molecule has 1 aliphatic rings. The molecule has 2 rings (SSSR count). The number of nitrogens with one attached hydrogen (secondary N) is 1. The first-order chi connectivity index (χ1) is 13.6. The monoisotopic (exact) mass is 396 g/mol. The second-order valence-corrected chi connectivity index (χ2v) is 6.90. The van der Waals surface area contributed by atoms with Crippen LogP contribution in [0.3, 0.4) is 0 Å². The number of rotatable bonds is 12. The molecular weight excluding hydrogens is 364 g/mol. The Balaban J connectivity index is 1.53. The fourth-order valence-corrected chi connectivity index (χ4v) is 2.97. The summed E-state index contributed by atoms with van der Waals surface area (Å²) in [7, 11) is 0. The number of carbonyl (C=O) groups excluding carboxylic acids is 1. The van der Waals surface area contributed by atoms with Gasteiger partial charge in [-0.15, -0.1) is 0 Å². The minimum atomic E-state index is -0.719. The third kappa shape index (κ3) is 7.85. The van der Waals surface area contributed by atoms with Crippen LogP contribution < -0.4 is 16.7 Å². The van der Waals surface area contributed by atoms with E-state index in [1.54, 1.807) is 0 Å². The van der Waals surface area contributed by atoms with Gasteiger partial charge in [-0.2, -0.15) is 4.98 Å². The summed E-state index contributed by atoms with van der Waals surface area (Å²) >= 11 is 0. The Morgan fingerprint density at radius 3 is 2.71 bits per heavy atom. The Hall–Kier alpha value is -2.13. The number of hydrogen-bond acceptors (Lipinski definition) is 7. The van der Waals surface area contributed by atoms with Crippen LogP contribution in [0.15, 0.2) is 17.1 Å². The normalized spacial score (nSPS) is 18.9. The number of carbonyl (C=O) groups is 1. The van der Waals surface area contributed by atoms with Crippen LogP contribution in [0.25, 0.3) is 0 Å². The molecule has 2 heterocycles. The number of hydrogen-bond donors (Lipinski definition) is 2. The van der Waals surface area contributed by atoms with Crippen molar-refractivity contribution < 1.29 is 19.0 Å². The molecule has 1 fully saturated rings. The second-order valence-electron chi connectivity index (χ2n) is 6.90. The van der Waals surface area contributed by atoms with Gasteiger partial charge in [0.2, 0.25) is 0 Å². The molecule has 3 N–H and O–H groups in total. The van der Waals surface area contributed by atoms with Crippen LogP contribution in [-0.2, 0) is 14.2 Å². The predicted octanol–water partition coefficient (Wildman–Crippen LogP) is 2.56. The van der Waals surface area contributed by atoms with E-state index in [2.05, 4.69) is 17.2 Å².